The quantitative estimate of drug-likeness (QED) is 0.493. The second-order valence-corrected chi connectivity index (χ2v) is 6.76. The molecule has 2 atom stereocenters. The van der Waals surface area contributed by atoms with E-state index in [-0.39, 0.29) is 23.0 Å². The number of carbonyl (C=O) groups is 2. The Hall–Kier alpha value is -1.82. The summed E-state index contributed by atoms with van der Waals surface area (Å²) in [6.45, 7) is 3.98. The predicted octanol–water partition coefficient (Wildman–Crippen LogP) is 3.00. The van der Waals surface area contributed by atoms with Crippen LogP contribution in [-0.2, 0) is 14.3 Å². The summed E-state index contributed by atoms with van der Waals surface area (Å²) in [4.78, 5) is 25.0. The van der Waals surface area contributed by atoms with E-state index < -0.39 is 0 Å². The molecule has 2 rings (SSSR count). The van der Waals surface area contributed by atoms with Crippen LogP contribution in [0.25, 0.3) is 0 Å². The summed E-state index contributed by atoms with van der Waals surface area (Å²) in [5.74, 6) is -0.724. The number of carbonyl (C=O) groups excluding carboxylic acids is 2. The van der Waals surface area contributed by atoms with Gasteiger partial charge in [0.2, 0.25) is 0 Å². The maximum absolute atomic E-state index is 12.2. The Labute approximate surface area is 140 Å². The van der Waals surface area contributed by atoms with Crippen LogP contribution >= 0.6 is 11.8 Å². The summed E-state index contributed by atoms with van der Waals surface area (Å²) in [6, 6.07) is 9.75. The van der Waals surface area contributed by atoms with Crippen molar-refractivity contribution in [2.75, 3.05) is 6.61 Å². The molecule has 0 radical (unpaired) electrons. The predicted molar refractivity (Wildman–Crippen MR) is 91.3 cm³/mol. The number of hydrazone groups is 1. The van der Waals surface area contributed by atoms with Gasteiger partial charge in [0.15, 0.2) is 0 Å². The lowest BCUT2D eigenvalue weighted by Gasteiger charge is -2.12. The highest BCUT2D eigenvalue weighted by molar-refractivity contribution is 8.00. The van der Waals surface area contributed by atoms with Gasteiger partial charge in [0.1, 0.15) is 0 Å². The third-order valence-electron chi connectivity index (χ3n) is 3.63. The number of benzene rings is 1. The van der Waals surface area contributed by atoms with Crippen LogP contribution in [0.15, 0.2) is 40.3 Å². The van der Waals surface area contributed by atoms with Crippen molar-refractivity contribution in [2.24, 2.45) is 11.0 Å². The molecule has 0 unspecified atom stereocenters. The van der Waals surface area contributed by atoms with Crippen LogP contribution in [0.5, 0.6) is 0 Å². The fraction of sp³-hybridized carbons (Fsp3) is 0.471. The second-order valence-electron chi connectivity index (χ2n) is 5.35. The molecule has 1 N–H and O–H groups in total. The van der Waals surface area contributed by atoms with Crippen LogP contribution in [-0.4, -0.2) is 29.4 Å². The van der Waals surface area contributed by atoms with Gasteiger partial charge in [0, 0.05) is 4.90 Å². The Kier molecular flexibility index (Phi) is 6.65. The van der Waals surface area contributed by atoms with E-state index in [4.69, 9.17) is 4.74 Å². The molecule has 6 heteroatoms. The van der Waals surface area contributed by atoms with Gasteiger partial charge in [-0.2, -0.15) is 5.10 Å². The first-order valence-electron chi connectivity index (χ1n) is 7.86. The summed E-state index contributed by atoms with van der Waals surface area (Å²) in [7, 11) is 0. The minimum atomic E-state index is -0.313. The molecule has 1 aromatic rings. The van der Waals surface area contributed by atoms with Crippen molar-refractivity contribution >= 4 is 29.4 Å². The van der Waals surface area contributed by atoms with Gasteiger partial charge in [0.25, 0.3) is 5.91 Å². The summed E-state index contributed by atoms with van der Waals surface area (Å²) in [6.07, 6.45) is 2.36. The first-order valence-corrected chi connectivity index (χ1v) is 8.74. The molecular formula is C17H22N2O3S. The minimum absolute atomic E-state index is 0.166. The number of amides is 1. The van der Waals surface area contributed by atoms with Crippen LogP contribution in [0, 0.1) is 5.92 Å². The Balaban J connectivity index is 1.90. The molecule has 0 heterocycles. The highest BCUT2D eigenvalue weighted by Gasteiger charge is 2.30. The van der Waals surface area contributed by atoms with Gasteiger partial charge in [-0.1, -0.05) is 18.2 Å². The zero-order chi connectivity index (χ0) is 16.7. The molecule has 1 aliphatic rings. The van der Waals surface area contributed by atoms with Crippen LogP contribution in [0.3, 0.4) is 0 Å². The van der Waals surface area contributed by atoms with Gasteiger partial charge >= 0.3 is 5.97 Å². The smallest absolute Gasteiger partial charge is 0.314 e. The second kappa shape index (κ2) is 8.72. The number of ether oxygens (including phenoxy) is 1. The van der Waals surface area contributed by atoms with Crippen LogP contribution in [0.2, 0.25) is 0 Å². The lowest BCUT2D eigenvalue weighted by atomic mass is 10.1. The van der Waals surface area contributed by atoms with Crippen molar-refractivity contribution in [3.8, 4) is 0 Å². The average Bonchev–Trinajstić information content (AvgIpc) is 3.02. The molecule has 124 valence electrons. The van der Waals surface area contributed by atoms with E-state index in [0.29, 0.717) is 12.3 Å². The van der Waals surface area contributed by atoms with Crippen molar-refractivity contribution in [1.82, 2.24) is 5.43 Å². The average molecular weight is 334 g/mol. The normalized spacial score (nSPS) is 20.3. The molecule has 1 fully saturated rings. The molecule has 1 aliphatic carbocycles. The van der Waals surface area contributed by atoms with Gasteiger partial charge < -0.3 is 4.74 Å². The number of rotatable bonds is 6. The van der Waals surface area contributed by atoms with Crippen molar-refractivity contribution in [3.63, 3.8) is 0 Å². The number of nitrogens with zero attached hydrogens (tertiary/aromatic N) is 1. The molecular weight excluding hydrogens is 312 g/mol. The Morgan fingerprint density at radius 1 is 1.39 bits per heavy atom. The summed E-state index contributed by atoms with van der Waals surface area (Å²) in [5, 5.41) is 3.91. The van der Waals surface area contributed by atoms with E-state index in [9.17, 15) is 9.59 Å². The summed E-state index contributed by atoms with van der Waals surface area (Å²) < 4.78 is 5.05. The largest absolute Gasteiger partial charge is 0.465 e. The Bertz CT molecular complexity index is 574. The van der Waals surface area contributed by atoms with E-state index >= 15 is 0 Å². The number of thioether (sulfide) groups is 1. The van der Waals surface area contributed by atoms with E-state index in [1.54, 1.807) is 6.92 Å². The first-order chi connectivity index (χ1) is 11.1. The molecule has 0 aliphatic heterocycles. The van der Waals surface area contributed by atoms with Crippen molar-refractivity contribution in [2.45, 2.75) is 43.3 Å². The standard InChI is InChI=1S/C17H22N2O3S/c1-3-22-17(21)14-10-7-11-15(14)18-19-16(20)12(2)23-13-8-5-4-6-9-13/h4-6,8-9,12,14H,3,7,10-11H2,1-2H3,(H,19,20)/b18-15-/t12-,14+/m0/s1. The highest BCUT2D eigenvalue weighted by Crippen LogP contribution is 2.25. The maximum Gasteiger partial charge on any atom is 0.314 e. The molecule has 0 saturated heterocycles. The van der Waals surface area contributed by atoms with Crippen molar-refractivity contribution < 1.29 is 14.3 Å². The molecule has 1 saturated carbocycles. The number of nitrogens with one attached hydrogen (secondary N) is 1. The molecule has 1 amide bonds. The maximum atomic E-state index is 12.2. The SMILES string of the molecule is CCOC(=O)[C@@H]1CCC/C1=N/NC(=O)[C@H](C)Sc1ccccc1. The fourth-order valence-corrected chi connectivity index (χ4v) is 3.32. The van der Waals surface area contributed by atoms with Gasteiger partial charge in [-0.05, 0) is 45.2 Å². The molecule has 1 aromatic carbocycles. The number of hydrogen-bond acceptors (Lipinski definition) is 5. The zero-order valence-electron chi connectivity index (χ0n) is 13.5. The molecule has 5 nitrogen and oxygen atoms in total. The Morgan fingerprint density at radius 2 is 2.13 bits per heavy atom. The van der Waals surface area contributed by atoms with Crippen LogP contribution < -0.4 is 5.43 Å². The van der Waals surface area contributed by atoms with E-state index in [2.05, 4.69) is 10.5 Å². The number of esters is 1. The third-order valence-corrected chi connectivity index (χ3v) is 4.75. The van der Waals surface area contributed by atoms with Gasteiger partial charge in [-0.25, -0.2) is 5.43 Å². The molecule has 0 bridgehead atoms. The lowest BCUT2D eigenvalue weighted by Crippen LogP contribution is -2.30. The monoisotopic (exact) mass is 334 g/mol. The minimum Gasteiger partial charge on any atom is -0.465 e. The summed E-state index contributed by atoms with van der Waals surface area (Å²) >= 11 is 1.48. The van der Waals surface area contributed by atoms with E-state index in [1.807, 2.05) is 37.3 Å². The first kappa shape index (κ1) is 17.5. The van der Waals surface area contributed by atoms with E-state index in [0.717, 1.165) is 24.2 Å². The molecule has 23 heavy (non-hydrogen) atoms. The Morgan fingerprint density at radius 3 is 2.83 bits per heavy atom. The van der Waals surface area contributed by atoms with E-state index in [1.165, 1.54) is 11.8 Å². The zero-order valence-corrected chi connectivity index (χ0v) is 14.3. The molecule has 0 spiro atoms. The van der Waals surface area contributed by atoms with Crippen LogP contribution in [0.4, 0.5) is 0 Å². The highest BCUT2D eigenvalue weighted by atomic mass is 32.2. The third kappa shape index (κ3) is 5.10. The van der Waals surface area contributed by atoms with Crippen LogP contribution in [0.1, 0.15) is 33.1 Å². The van der Waals surface area contributed by atoms with Crippen molar-refractivity contribution in [3.05, 3.63) is 30.3 Å². The van der Waals surface area contributed by atoms with Gasteiger partial charge in [-0.3, -0.25) is 9.59 Å². The fourth-order valence-electron chi connectivity index (χ4n) is 2.43. The van der Waals surface area contributed by atoms with Gasteiger partial charge in [0.05, 0.1) is 23.5 Å². The van der Waals surface area contributed by atoms with Gasteiger partial charge in [-0.15, -0.1) is 11.8 Å². The van der Waals surface area contributed by atoms with Crippen molar-refractivity contribution in [1.29, 1.82) is 0 Å². The summed E-state index contributed by atoms with van der Waals surface area (Å²) in [5.41, 5.74) is 3.31. The lowest BCUT2D eigenvalue weighted by molar-refractivity contribution is -0.145. The molecule has 0 aromatic heterocycles. The number of hydrogen-bond donors (Lipinski definition) is 1. The topological polar surface area (TPSA) is 67.8 Å².